The molecule has 3 heteroatoms. The average molecular weight is 284 g/mol. The van der Waals surface area contributed by atoms with Crippen LogP contribution in [0.4, 0.5) is 0 Å². The molecule has 0 heterocycles. The van der Waals surface area contributed by atoms with Crippen LogP contribution >= 0.6 is 11.6 Å². The lowest BCUT2D eigenvalue weighted by Gasteiger charge is -2.18. The van der Waals surface area contributed by atoms with Gasteiger partial charge in [0.2, 0.25) is 0 Å². The van der Waals surface area contributed by atoms with Crippen LogP contribution in [-0.4, -0.2) is 12.6 Å². The van der Waals surface area contributed by atoms with Gasteiger partial charge >= 0.3 is 0 Å². The third-order valence-corrected chi connectivity index (χ3v) is 3.60. The first-order valence-corrected chi connectivity index (χ1v) is 7.58. The summed E-state index contributed by atoms with van der Waals surface area (Å²) >= 11 is 6.39. The minimum absolute atomic E-state index is 0.104. The lowest BCUT2D eigenvalue weighted by Crippen LogP contribution is -2.18. The number of ether oxygens (including phenoxy) is 1. The number of hydrogen-bond donors (Lipinski definition) is 1. The SMILES string of the molecule is CCCOc1c(Cl)cc(C(C)CC)cc1CC(C)N. The molecule has 0 fully saturated rings. The van der Waals surface area contributed by atoms with Crippen molar-refractivity contribution in [2.24, 2.45) is 5.73 Å². The number of rotatable bonds is 7. The van der Waals surface area contributed by atoms with Gasteiger partial charge in [0.05, 0.1) is 11.6 Å². The van der Waals surface area contributed by atoms with Crippen LogP contribution in [0.3, 0.4) is 0 Å². The zero-order chi connectivity index (χ0) is 14.4. The van der Waals surface area contributed by atoms with Crippen LogP contribution in [0.15, 0.2) is 12.1 Å². The first-order chi connectivity index (χ1) is 8.99. The van der Waals surface area contributed by atoms with Gasteiger partial charge in [-0.3, -0.25) is 0 Å². The molecule has 1 aromatic rings. The van der Waals surface area contributed by atoms with Gasteiger partial charge < -0.3 is 10.5 Å². The second kappa shape index (κ2) is 7.76. The molecule has 0 amide bonds. The molecule has 0 saturated carbocycles. The van der Waals surface area contributed by atoms with E-state index in [0.717, 1.165) is 30.6 Å². The van der Waals surface area contributed by atoms with Crippen molar-refractivity contribution in [2.75, 3.05) is 6.61 Å². The normalized spacial score (nSPS) is 14.2. The largest absolute Gasteiger partial charge is 0.492 e. The highest BCUT2D eigenvalue weighted by molar-refractivity contribution is 6.32. The zero-order valence-corrected chi connectivity index (χ0v) is 13.3. The standard InChI is InChI=1S/C16H26ClNO/c1-5-7-19-16-14(8-12(4)18)9-13(10-15(16)17)11(3)6-2/h9-12H,5-8,18H2,1-4H3. The van der Waals surface area contributed by atoms with Crippen molar-refractivity contribution in [3.63, 3.8) is 0 Å². The topological polar surface area (TPSA) is 35.2 Å². The quantitative estimate of drug-likeness (QED) is 0.798. The number of benzene rings is 1. The van der Waals surface area contributed by atoms with E-state index in [1.807, 2.05) is 13.0 Å². The maximum Gasteiger partial charge on any atom is 0.141 e. The molecule has 2 unspecified atom stereocenters. The van der Waals surface area contributed by atoms with Crippen molar-refractivity contribution in [2.45, 2.75) is 58.9 Å². The van der Waals surface area contributed by atoms with Crippen LogP contribution in [0.2, 0.25) is 5.02 Å². The highest BCUT2D eigenvalue weighted by Gasteiger charge is 2.15. The van der Waals surface area contributed by atoms with Crippen molar-refractivity contribution in [3.8, 4) is 5.75 Å². The smallest absolute Gasteiger partial charge is 0.141 e. The monoisotopic (exact) mass is 283 g/mol. The lowest BCUT2D eigenvalue weighted by atomic mass is 9.94. The van der Waals surface area contributed by atoms with Crippen LogP contribution < -0.4 is 10.5 Å². The summed E-state index contributed by atoms with van der Waals surface area (Å²) in [7, 11) is 0. The third-order valence-electron chi connectivity index (χ3n) is 3.32. The molecule has 108 valence electrons. The van der Waals surface area contributed by atoms with Crippen molar-refractivity contribution in [3.05, 3.63) is 28.3 Å². The maximum atomic E-state index is 6.39. The van der Waals surface area contributed by atoms with Gasteiger partial charge in [0.25, 0.3) is 0 Å². The molecule has 2 nitrogen and oxygen atoms in total. The van der Waals surface area contributed by atoms with E-state index >= 15 is 0 Å². The molecule has 0 aliphatic carbocycles. The van der Waals surface area contributed by atoms with Crippen LogP contribution in [0.1, 0.15) is 57.6 Å². The van der Waals surface area contributed by atoms with Crippen LogP contribution in [0, 0.1) is 0 Å². The van der Waals surface area contributed by atoms with E-state index in [2.05, 4.69) is 26.8 Å². The Hall–Kier alpha value is -0.730. The van der Waals surface area contributed by atoms with E-state index in [1.54, 1.807) is 0 Å². The van der Waals surface area contributed by atoms with Crippen LogP contribution in [0.25, 0.3) is 0 Å². The minimum atomic E-state index is 0.104. The van der Waals surface area contributed by atoms with E-state index in [4.69, 9.17) is 22.1 Å². The van der Waals surface area contributed by atoms with Gasteiger partial charge in [-0.05, 0) is 49.3 Å². The predicted molar refractivity (Wildman–Crippen MR) is 83.3 cm³/mol. The molecule has 0 bridgehead atoms. The molecule has 1 aromatic carbocycles. The van der Waals surface area contributed by atoms with Crippen molar-refractivity contribution >= 4 is 11.6 Å². The molecule has 0 aliphatic heterocycles. The first-order valence-electron chi connectivity index (χ1n) is 7.20. The number of hydrogen-bond acceptors (Lipinski definition) is 2. The number of halogens is 1. The summed E-state index contributed by atoms with van der Waals surface area (Å²) in [5.74, 6) is 1.32. The van der Waals surface area contributed by atoms with Crippen molar-refractivity contribution in [1.29, 1.82) is 0 Å². The second-order valence-electron chi connectivity index (χ2n) is 5.33. The fraction of sp³-hybridized carbons (Fsp3) is 0.625. The van der Waals surface area contributed by atoms with Gasteiger partial charge in [-0.2, -0.15) is 0 Å². The van der Waals surface area contributed by atoms with E-state index in [9.17, 15) is 0 Å². The second-order valence-corrected chi connectivity index (χ2v) is 5.74. The highest BCUT2D eigenvalue weighted by Crippen LogP contribution is 2.34. The fourth-order valence-corrected chi connectivity index (χ4v) is 2.36. The molecule has 1 rings (SSSR count). The van der Waals surface area contributed by atoms with Gasteiger partial charge in [-0.25, -0.2) is 0 Å². The maximum absolute atomic E-state index is 6.39. The van der Waals surface area contributed by atoms with Crippen molar-refractivity contribution < 1.29 is 4.74 Å². The van der Waals surface area contributed by atoms with E-state index in [1.165, 1.54) is 5.56 Å². The third kappa shape index (κ3) is 4.70. The highest BCUT2D eigenvalue weighted by atomic mass is 35.5. The summed E-state index contributed by atoms with van der Waals surface area (Å²) < 4.78 is 5.80. The van der Waals surface area contributed by atoms with Crippen molar-refractivity contribution in [1.82, 2.24) is 0 Å². The van der Waals surface area contributed by atoms with Gasteiger partial charge in [0.1, 0.15) is 5.75 Å². The Bertz CT molecular complexity index is 404. The molecule has 0 spiro atoms. The predicted octanol–water partition coefficient (Wildman–Crippen LogP) is 4.53. The Morgan fingerprint density at radius 3 is 2.47 bits per heavy atom. The molecular weight excluding hydrogens is 258 g/mol. The molecule has 0 saturated heterocycles. The molecule has 0 aromatic heterocycles. The van der Waals surface area contributed by atoms with Gasteiger partial charge in [0, 0.05) is 6.04 Å². The minimum Gasteiger partial charge on any atom is -0.492 e. The summed E-state index contributed by atoms with van der Waals surface area (Å²) in [6.07, 6.45) is 2.87. The lowest BCUT2D eigenvalue weighted by molar-refractivity contribution is 0.313. The average Bonchev–Trinajstić information content (AvgIpc) is 2.36. The molecule has 19 heavy (non-hydrogen) atoms. The summed E-state index contributed by atoms with van der Waals surface area (Å²) in [4.78, 5) is 0. The van der Waals surface area contributed by atoms with Gasteiger partial charge in [-0.1, -0.05) is 38.4 Å². The molecular formula is C16H26ClNO. The summed E-state index contributed by atoms with van der Waals surface area (Å²) in [5, 5.41) is 0.710. The first kappa shape index (κ1) is 16.3. The molecule has 0 radical (unpaired) electrons. The van der Waals surface area contributed by atoms with Gasteiger partial charge in [-0.15, -0.1) is 0 Å². The Morgan fingerprint density at radius 1 is 1.26 bits per heavy atom. The Kier molecular flexibility index (Phi) is 6.67. The Balaban J connectivity index is 3.13. The van der Waals surface area contributed by atoms with E-state index < -0.39 is 0 Å². The molecule has 0 aliphatic rings. The molecule has 2 atom stereocenters. The summed E-state index contributed by atoms with van der Waals surface area (Å²) in [6.45, 7) is 9.19. The van der Waals surface area contributed by atoms with E-state index in [0.29, 0.717) is 17.5 Å². The van der Waals surface area contributed by atoms with Crippen LogP contribution in [0.5, 0.6) is 5.75 Å². The number of nitrogens with two attached hydrogens (primary N) is 1. The molecule has 2 N–H and O–H groups in total. The van der Waals surface area contributed by atoms with Gasteiger partial charge in [0.15, 0.2) is 0 Å². The summed E-state index contributed by atoms with van der Waals surface area (Å²) in [5.41, 5.74) is 8.33. The van der Waals surface area contributed by atoms with E-state index in [-0.39, 0.29) is 6.04 Å². The Morgan fingerprint density at radius 2 is 1.95 bits per heavy atom. The fourth-order valence-electron chi connectivity index (χ4n) is 2.06. The zero-order valence-electron chi connectivity index (χ0n) is 12.5. The van der Waals surface area contributed by atoms with Crippen LogP contribution in [-0.2, 0) is 6.42 Å². The Labute approximate surface area is 122 Å². The summed E-state index contributed by atoms with van der Waals surface area (Å²) in [6, 6.07) is 4.34.